The molecule has 0 aliphatic rings. The van der Waals surface area contributed by atoms with Crippen LogP contribution >= 0.6 is 0 Å². The predicted octanol–water partition coefficient (Wildman–Crippen LogP) is 0.252. The van der Waals surface area contributed by atoms with E-state index in [2.05, 4.69) is 0 Å². The number of ether oxygens (including phenoxy) is 1. The zero-order valence-electron chi connectivity index (χ0n) is 8.67. The Morgan fingerprint density at radius 2 is 1.92 bits per heavy atom. The van der Waals surface area contributed by atoms with Gasteiger partial charge in [0.1, 0.15) is 5.60 Å². The quantitative estimate of drug-likeness (QED) is 0.620. The lowest BCUT2D eigenvalue weighted by Crippen LogP contribution is -2.33. The van der Waals surface area contributed by atoms with Gasteiger partial charge in [0.05, 0.1) is 5.92 Å². The smallest absolute Gasteiger partial charge is 0.310 e. The molecule has 0 aliphatic carbocycles. The molecule has 0 spiro atoms. The van der Waals surface area contributed by atoms with Crippen LogP contribution in [0.1, 0.15) is 27.2 Å². The van der Waals surface area contributed by atoms with Crippen LogP contribution in [0, 0.1) is 5.92 Å². The molecule has 0 aromatic carbocycles. The highest BCUT2D eigenvalue weighted by atomic mass is 16.6. The Balaban J connectivity index is 4.06. The number of rotatable bonds is 4. The van der Waals surface area contributed by atoms with E-state index in [9.17, 15) is 4.79 Å². The molecule has 0 aliphatic heterocycles. The molecule has 78 valence electrons. The second-order valence-corrected chi connectivity index (χ2v) is 4.04. The minimum absolute atomic E-state index is 0.250. The van der Waals surface area contributed by atoms with Crippen LogP contribution in [0.25, 0.3) is 0 Å². The lowest BCUT2D eigenvalue weighted by molar-refractivity contribution is -0.159. The Labute approximate surface area is 79.6 Å². The van der Waals surface area contributed by atoms with Gasteiger partial charge in [-0.2, -0.15) is 0 Å². The Morgan fingerprint density at radius 1 is 1.38 bits per heavy atom. The van der Waals surface area contributed by atoms with Crippen molar-refractivity contribution in [1.82, 2.24) is 0 Å². The van der Waals surface area contributed by atoms with E-state index in [0.29, 0.717) is 19.5 Å². The lowest BCUT2D eigenvalue weighted by Gasteiger charge is -2.22. The monoisotopic (exact) mass is 188 g/mol. The number of nitrogens with two attached hydrogens (primary N) is 2. The maximum absolute atomic E-state index is 11.4. The van der Waals surface area contributed by atoms with Gasteiger partial charge in [-0.1, -0.05) is 0 Å². The van der Waals surface area contributed by atoms with Gasteiger partial charge in [-0.25, -0.2) is 0 Å². The van der Waals surface area contributed by atoms with Gasteiger partial charge in [0, 0.05) is 6.54 Å². The standard InChI is InChI=1S/C9H20N2O2/c1-9(2,3)13-8(12)7(6-11)4-5-10/h7H,4-6,10-11H2,1-3H3/t7-/m0/s1. The maximum Gasteiger partial charge on any atom is 0.310 e. The molecule has 0 amide bonds. The number of carbonyl (C=O) groups is 1. The molecule has 1 atom stereocenters. The summed E-state index contributed by atoms with van der Waals surface area (Å²) in [5, 5.41) is 0. The van der Waals surface area contributed by atoms with Gasteiger partial charge >= 0.3 is 5.97 Å². The van der Waals surface area contributed by atoms with Gasteiger partial charge in [-0.05, 0) is 33.7 Å². The summed E-state index contributed by atoms with van der Waals surface area (Å²) in [4.78, 5) is 11.4. The van der Waals surface area contributed by atoms with Crippen LogP contribution in [0.4, 0.5) is 0 Å². The fourth-order valence-corrected chi connectivity index (χ4v) is 0.918. The Bertz CT molecular complexity index is 163. The molecule has 4 N–H and O–H groups in total. The van der Waals surface area contributed by atoms with Gasteiger partial charge in [-0.15, -0.1) is 0 Å². The average Bonchev–Trinajstić information content (AvgIpc) is 1.96. The van der Waals surface area contributed by atoms with Gasteiger partial charge in [-0.3, -0.25) is 4.79 Å². The van der Waals surface area contributed by atoms with Crippen LogP contribution in [-0.4, -0.2) is 24.7 Å². The van der Waals surface area contributed by atoms with Crippen molar-refractivity contribution in [3.8, 4) is 0 Å². The summed E-state index contributed by atoms with van der Waals surface area (Å²) in [6.45, 7) is 6.26. The summed E-state index contributed by atoms with van der Waals surface area (Å²) < 4.78 is 5.17. The zero-order chi connectivity index (χ0) is 10.5. The molecule has 0 unspecified atom stereocenters. The molecule has 0 bridgehead atoms. The van der Waals surface area contributed by atoms with Crippen molar-refractivity contribution < 1.29 is 9.53 Å². The van der Waals surface area contributed by atoms with E-state index in [1.807, 2.05) is 20.8 Å². The highest BCUT2D eigenvalue weighted by molar-refractivity contribution is 5.73. The first kappa shape index (κ1) is 12.4. The molecular formula is C9H20N2O2. The average molecular weight is 188 g/mol. The lowest BCUT2D eigenvalue weighted by atomic mass is 10.1. The van der Waals surface area contributed by atoms with E-state index < -0.39 is 5.60 Å². The van der Waals surface area contributed by atoms with Crippen molar-refractivity contribution in [2.75, 3.05) is 13.1 Å². The van der Waals surface area contributed by atoms with Crippen LogP contribution in [-0.2, 0) is 9.53 Å². The minimum atomic E-state index is -0.445. The van der Waals surface area contributed by atoms with E-state index in [-0.39, 0.29) is 11.9 Å². The first-order chi connectivity index (χ1) is 5.90. The fourth-order valence-electron chi connectivity index (χ4n) is 0.918. The molecule has 0 radical (unpaired) electrons. The van der Waals surface area contributed by atoms with Crippen LogP contribution in [0.5, 0.6) is 0 Å². The van der Waals surface area contributed by atoms with Crippen LogP contribution in [0.2, 0.25) is 0 Å². The van der Waals surface area contributed by atoms with Crippen LogP contribution in [0.15, 0.2) is 0 Å². The van der Waals surface area contributed by atoms with E-state index >= 15 is 0 Å². The van der Waals surface area contributed by atoms with E-state index in [4.69, 9.17) is 16.2 Å². The Kier molecular flexibility index (Phi) is 4.95. The first-order valence-electron chi connectivity index (χ1n) is 4.53. The van der Waals surface area contributed by atoms with Gasteiger partial charge in [0.15, 0.2) is 0 Å². The third-order valence-electron chi connectivity index (χ3n) is 1.54. The fraction of sp³-hybridized carbons (Fsp3) is 0.889. The van der Waals surface area contributed by atoms with E-state index in [1.54, 1.807) is 0 Å². The van der Waals surface area contributed by atoms with Crippen LogP contribution in [0.3, 0.4) is 0 Å². The number of hydrogen-bond donors (Lipinski definition) is 2. The van der Waals surface area contributed by atoms with Gasteiger partial charge in [0.2, 0.25) is 0 Å². The molecule has 4 heteroatoms. The number of esters is 1. The molecule has 4 nitrogen and oxygen atoms in total. The molecule has 0 heterocycles. The van der Waals surface area contributed by atoms with Crippen molar-refractivity contribution in [1.29, 1.82) is 0 Å². The minimum Gasteiger partial charge on any atom is -0.460 e. The van der Waals surface area contributed by atoms with Gasteiger partial charge < -0.3 is 16.2 Å². The second-order valence-electron chi connectivity index (χ2n) is 4.04. The summed E-state index contributed by atoms with van der Waals surface area (Å²) in [5.41, 5.74) is 10.3. The molecule has 0 saturated heterocycles. The second kappa shape index (κ2) is 5.19. The molecule has 13 heavy (non-hydrogen) atoms. The summed E-state index contributed by atoms with van der Waals surface area (Å²) in [6.07, 6.45) is 0.589. The number of hydrogen-bond acceptors (Lipinski definition) is 4. The highest BCUT2D eigenvalue weighted by Gasteiger charge is 2.23. The van der Waals surface area contributed by atoms with E-state index in [0.717, 1.165) is 0 Å². The highest BCUT2D eigenvalue weighted by Crippen LogP contribution is 2.12. The van der Waals surface area contributed by atoms with Crippen molar-refractivity contribution >= 4 is 5.97 Å². The molecular weight excluding hydrogens is 168 g/mol. The zero-order valence-corrected chi connectivity index (χ0v) is 8.67. The molecule has 0 rings (SSSR count). The summed E-state index contributed by atoms with van der Waals surface area (Å²) in [7, 11) is 0. The Hall–Kier alpha value is -0.610. The summed E-state index contributed by atoms with van der Waals surface area (Å²) >= 11 is 0. The van der Waals surface area contributed by atoms with Crippen molar-refractivity contribution in [3.63, 3.8) is 0 Å². The third kappa shape index (κ3) is 5.60. The number of carbonyl (C=O) groups excluding carboxylic acids is 1. The summed E-state index contributed by atoms with van der Waals surface area (Å²) in [6, 6.07) is 0. The van der Waals surface area contributed by atoms with Crippen molar-refractivity contribution in [3.05, 3.63) is 0 Å². The predicted molar refractivity (Wildman–Crippen MR) is 52.1 cm³/mol. The van der Waals surface area contributed by atoms with Crippen LogP contribution < -0.4 is 11.5 Å². The SMILES string of the molecule is CC(C)(C)OC(=O)[C@H](CN)CCN. The largest absolute Gasteiger partial charge is 0.460 e. The molecule has 0 aromatic heterocycles. The molecule has 0 aromatic rings. The maximum atomic E-state index is 11.4. The van der Waals surface area contributed by atoms with Crippen molar-refractivity contribution in [2.24, 2.45) is 17.4 Å². The van der Waals surface area contributed by atoms with Gasteiger partial charge in [0.25, 0.3) is 0 Å². The normalized spacial score (nSPS) is 13.9. The van der Waals surface area contributed by atoms with E-state index in [1.165, 1.54) is 0 Å². The Morgan fingerprint density at radius 3 is 2.23 bits per heavy atom. The first-order valence-corrected chi connectivity index (χ1v) is 4.53. The van der Waals surface area contributed by atoms with Crippen molar-refractivity contribution in [2.45, 2.75) is 32.8 Å². The molecule has 0 saturated carbocycles. The third-order valence-corrected chi connectivity index (χ3v) is 1.54. The summed E-state index contributed by atoms with van der Waals surface area (Å²) in [5.74, 6) is -0.510. The molecule has 0 fully saturated rings. The topological polar surface area (TPSA) is 78.3 Å².